The Bertz CT molecular complexity index is 490. The summed E-state index contributed by atoms with van der Waals surface area (Å²) in [5.41, 5.74) is 2.65. The monoisotopic (exact) mass is 242 g/mol. The molecule has 0 saturated heterocycles. The van der Waals surface area contributed by atoms with Gasteiger partial charge in [-0.1, -0.05) is 31.4 Å². The summed E-state index contributed by atoms with van der Waals surface area (Å²) in [6, 6.07) is 9.75. The van der Waals surface area contributed by atoms with E-state index in [0.717, 1.165) is 12.8 Å². The highest BCUT2D eigenvalue weighted by Gasteiger charge is 2.36. The fraction of sp³-hybridized carbons (Fsp3) is 0.375. The van der Waals surface area contributed by atoms with Crippen LogP contribution in [0, 0.1) is 0 Å². The highest BCUT2D eigenvalue weighted by atomic mass is 16.3. The molecule has 0 amide bonds. The minimum Gasteiger partial charge on any atom is -0.508 e. The normalized spacial score (nSPS) is 18.7. The SMILES string of the molecule is Oc1ccc(C2(c3ccoc3)CCCCC2)cc1. The molecule has 2 aromatic rings. The molecule has 1 aliphatic rings. The minimum absolute atomic E-state index is 0.0823. The van der Waals surface area contributed by atoms with Crippen LogP contribution in [0.15, 0.2) is 47.3 Å². The first-order valence-electron chi connectivity index (χ1n) is 6.63. The van der Waals surface area contributed by atoms with E-state index < -0.39 is 0 Å². The van der Waals surface area contributed by atoms with Gasteiger partial charge in [0.15, 0.2) is 0 Å². The summed E-state index contributed by atoms with van der Waals surface area (Å²) in [5, 5.41) is 9.45. The molecule has 1 aliphatic carbocycles. The zero-order valence-electron chi connectivity index (χ0n) is 10.4. The second kappa shape index (κ2) is 4.52. The third-order valence-electron chi connectivity index (χ3n) is 4.20. The molecule has 1 saturated carbocycles. The summed E-state index contributed by atoms with van der Waals surface area (Å²) in [7, 11) is 0. The molecule has 1 N–H and O–H groups in total. The first-order valence-corrected chi connectivity index (χ1v) is 6.63. The summed E-state index contributed by atoms with van der Waals surface area (Å²) in [6.07, 6.45) is 9.79. The van der Waals surface area contributed by atoms with Crippen LogP contribution in [0.1, 0.15) is 43.2 Å². The van der Waals surface area contributed by atoms with Gasteiger partial charge in [-0.2, -0.15) is 0 Å². The van der Waals surface area contributed by atoms with E-state index in [1.54, 1.807) is 18.4 Å². The second-order valence-corrected chi connectivity index (χ2v) is 5.20. The molecule has 0 spiro atoms. The summed E-state index contributed by atoms with van der Waals surface area (Å²) < 4.78 is 5.29. The maximum atomic E-state index is 9.45. The van der Waals surface area contributed by atoms with Crippen LogP contribution in [-0.4, -0.2) is 5.11 Å². The van der Waals surface area contributed by atoms with Crippen molar-refractivity contribution < 1.29 is 9.52 Å². The van der Waals surface area contributed by atoms with Crippen LogP contribution in [0.4, 0.5) is 0 Å². The molecule has 1 fully saturated rings. The third kappa shape index (κ3) is 1.82. The molecule has 1 heterocycles. The average molecular weight is 242 g/mol. The number of rotatable bonds is 2. The number of benzene rings is 1. The van der Waals surface area contributed by atoms with Gasteiger partial charge in [-0.3, -0.25) is 0 Å². The smallest absolute Gasteiger partial charge is 0.115 e. The van der Waals surface area contributed by atoms with Crippen molar-refractivity contribution in [2.24, 2.45) is 0 Å². The number of aromatic hydroxyl groups is 1. The highest BCUT2D eigenvalue weighted by Crippen LogP contribution is 2.45. The Kier molecular flexibility index (Phi) is 2.86. The van der Waals surface area contributed by atoms with Crippen molar-refractivity contribution in [3.8, 4) is 5.75 Å². The molecule has 0 atom stereocenters. The van der Waals surface area contributed by atoms with Gasteiger partial charge in [-0.15, -0.1) is 0 Å². The van der Waals surface area contributed by atoms with Crippen LogP contribution >= 0.6 is 0 Å². The molecule has 0 radical (unpaired) electrons. The lowest BCUT2D eigenvalue weighted by atomic mass is 9.66. The zero-order chi connectivity index (χ0) is 12.4. The van der Waals surface area contributed by atoms with Crippen molar-refractivity contribution in [3.63, 3.8) is 0 Å². The van der Waals surface area contributed by atoms with E-state index in [2.05, 4.69) is 6.07 Å². The molecule has 2 nitrogen and oxygen atoms in total. The third-order valence-corrected chi connectivity index (χ3v) is 4.20. The molecule has 1 aromatic carbocycles. The van der Waals surface area contributed by atoms with E-state index in [9.17, 15) is 5.11 Å². The minimum atomic E-state index is 0.0823. The van der Waals surface area contributed by atoms with E-state index in [1.807, 2.05) is 18.4 Å². The van der Waals surface area contributed by atoms with Crippen molar-refractivity contribution in [2.75, 3.05) is 0 Å². The topological polar surface area (TPSA) is 33.4 Å². The van der Waals surface area contributed by atoms with Gasteiger partial charge < -0.3 is 9.52 Å². The molecule has 1 aromatic heterocycles. The standard InChI is InChI=1S/C16H18O2/c17-15-6-4-13(5-7-15)16(9-2-1-3-10-16)14-8-11-18-12-14/h4-8,11-12,17H,1-3,9-10H2. The predicted molar refractivity (Wildman–Crippen MR) is 70.7 cm³/mol. The van der Waals surface area contributed by atoms with E-state index in [1.165, 1.54) is 30.4 Å². The maximum Gasteiger partial charge on any atom is 0.115 e. The van der Waals surface area contributed by atoms with Gasteiger partial charge in [-0.25, -0.2) is 0 Å². The van der Waals surface area contributed by atoms with Gasteiger partial charge >= 0.3 is 0 Å². The van der Waals surface area contributed by atoms with Crippen LogP contribution in [0.2, 0.25) is 0 Å². The van der Waals surface area contributed by atoms with Gasteiger partial charge in [0, 0.05) is 11.0 Å². The van der Waals surface area contributed by atoms with Crippen LogP contribution in [0.3, 0.4) is 0 Å². The molecule has 18 heavy (non-hydrogen) atoms. The lowest BCUT2D eigenvalue weighted by molar-refractivity contribution is 0.343. The molecule has 0 unspecified atom stereocenters. The summed E-state index contributed by atoms with van der Waals surface area (Å²) in [4.78, 5) is 0. The number of hydrogen-bond acceptors (Lipinski definition) is 2. The van der Waals surface area contributed by atoms with Crippen LogP contribution < -0.4 is 0 Å². The first-order chi connectivity index (χ1) is 8.81. The average Bonchev–Trinajstić information content (AvgIpc) is 2.95. The van der Waals surface area contributed by atoms with Crippen molar-refractivity contribution in [1.82, 2.24) is 0 Å². The Morgan fingerprint density at radius 2 is 1.61 bits per heavy atom. The predicted octanol–water partition coefficient (Wildman–Crippen LogP) is 4.24. The quantitative estimate of drug-likeness (QED) is 0.854. The molecule has 0 bridgehead atoms. The number of phenolic OH excluding ortho intramolecular Hbond substituents is 1. The Hall–Kier alpha value is -1.70. The largest absolute Gasteiger partial charge is 0.508 e. The first kappa shape index (κ1) is 11.4. The fourth-order valence-electron chi connectivity index (χ4n) is 3.22. The highest BCUT2D eigenvalue weighted by molar-refractivity contribution is 5.40. The Morgan fingerprint density at radius 1 is 0.889 bits per heavy atom. The number of furan rings is 1. The van der Waals surface area contributed by atoms with E-state index in [-0.39, 0.29) is 5.41 Å². The Balaban J connectivity index is 2.07. The second-order valence-electron chi connectivity index (χ2n) is 5.20. The maximum absolute atomic E-state index is 9.45. The molecule has 94 valence electrons. The van der Waals surface area contributed by atoms with Gasteiger partial charge in [0.2, 0.25) is 0 Å². The van der Waals surface area contributed by atoms with E-state index in [0.29, 0.717) is 5.75 Å². The molecule has 2 heteroatoms. The summed E-state index contributed by atoms with van der Waals surface area (Å²) in [5.74, 6) is 0.330. The number of hydrogen-bond donors (Lipinski definition) is 1. The zero-order valence-corrected chi connectivity index (χ0v) is 10.4. The van der Waals surface area contributed by atoms with E-state index >= 15 is 0 Å². The molecular formula is C16H18O2. The Morgan fingerprint density at radius 3 is 2.22 bits per heavy atom. The van der Waals surface area contributed by atoms with Crippen LogP contribution in [-0.2, 0) is 5.41 Å². The Labute approximate surface area is 107 Å². The van der Waals surface area contributed by atoms with Crippen molar-refractivity contribution >= 4 is 0 Å². The van der Waals surface area contributed by atoms with Crippen molar-refractivity contribution in [2.45, 2.75) is 37.5 Å². The number of phenols is 1. The van der Waals surface area contributed by atoms with Gasteiger partial charge in [-0.05, 0) is 36.6 Å². The van der Waals surface area contributed by atoms with Crippen molar-refractivity contribution in [3.05, 3.63) is 54.0 Å². The molecular weight excluding hydrogens is 224 g/mol. The van der Waals surface area contributed by atoms with Gasteiger partial charge in [0.1, 0.15) is 5.75 Å². The van der Waals surface area contributed by atoms with Gasteiger partial charge in [0.25, 0.3) is 0 Å². The molecule has 0 aliphatic heterocycles. The van der Waals surface area contributed by atoms with Gasteiger partial charge in [0.05, 0.1) is 12.5 Å². The van der Waals surface area contributed by atoms with Crippen LogP contribution in [0.25, 0.3) is 0 Å². The summed E-state index contributed by atoms with van der Waals surface area (Å²) in [6.45, 7) is 0. The van der Waals surface area contributed by atoms with E-state index in [4.69, 9.17) is 4.42 Å². The lowest BCUT2D eigenvalue weighted by Gasteiger charge is -2.37. The lowest BCUT2D eigenvalue weighted by Crippen LogP contribution is -2.29. The van der Waals surface area contributed by atoms with Crippen molar-refractivity contribution in [1.29, 1.82) is 0 Å². The summed E-state index contributed by atoms with van der Waals surface area (Å²) >= 11 is 0. The van der Waals surface area contributed by atoms with Crippen LogP contribution in [0.5, 0.6) is 5.75 Å². The molecule has 3 rings (SSSR count). The fourth-order valence-corrected chi connectivity index (χ4v) is 3.22.